The van der Waals surface area contributed by atoms with Crippen molar-refractivity contribution in [3.63, 3.8) is 0 Å². The predicted octanol–water partition coefficient (Wildman–Crippen LogP) is 4.17. The summed E-state index contributed by atoms with van der Waals surface area (Å²) in [5.41, 5.74) is 1.31. The van der Waals surface area contributed by atoms with Gasteiger partial charge in [-0.2, -0.15) is 0 Å². The maximum Gasteiger partial charge on any atom is 0.309 e. The lowest BCUT2D eigenvalue weighted by atomic mass is 9.96. The van der Waals surface area contributed by atoms with Crippen LogP contribution < -0.4 is 4.74 Å². The molecule has 0 N–H and O–H groups in total. The van der Waals surface area contributed by atoms with E-state index in [2.05, 4.69) is 41.3 Å². The second-order valence-electron chi connectivity index (χ2n) is 8.08. The monoisotopic (exact) mass is 397 g/mol. The van der Waals surface area contributed by atoms with E-state index in [9.17, 15) is 4.79 Å². The summed E-state index contributed by atoms with van der Waals surface area (Å²) in [6.07, 6.45) is 3.96. The second kappa shape index (κ2) is 9.59. The Labute approximate surface area is 172 Å². The van der Waals surface area contributed by atoms with E-state index >= 15 is 0 Å². The number of nitrogens with zero attached hydrogens (tertiary/aromatic N) is 1. The molecular formula is C24H31NO4. The lowest BCUT2D eigenvalue weighted by Gasteiger charge is -2.30. The summed E-state index contributed by atoms with van der Waals surface area (Å²) in [6, 6.07) is 13.0. The summed E-state index contributed by atoms with van der Waals surface area (Å²) < 4.78 is 16.7. The van der Waals surface area contributed by atoms with Crippen LogP contribution in [-0.4, -0.2) is 49.9 Å². The predicted molar refractivity (Wildman–Crippen MR) is 113 cm³/mol. The molecule has 2 saturated heterocycles. The van der Waals surface area contributed by atoms with Crippen LogP contribution in [0.1, 0.15) is 38.2 Å². The van der Waals surface area contributed by atoms with E-state index in [4.69, 9.17) is 14.2 Å². The fourth-order valence-electron chi connectivity index (χ4n) is 4.28. The first-order chi connectivity index (χ1) is 14.2. The van der Waals surface area contributed by atoms with Crippen molar-refractivity contribution in [3.8, 4) is 5.75 Å². The minimum atomic E-state index is -0.0309. The van der Waals surface area contributed by atoms with Crippen molar-refractivity contribution in [2.24, 2.45) is 5.92 Å². The molecule has 2 aromatic rings. The van der Waals surface area contributed by atoms with Crippen LogP contribution in [0.5, 0.6) is 5.75 Å². The standard InChI is InChI=1S/C24H31NO4/c1-2-28-24(26)19-7-11-25(12-8-19)17-18-3-4-21-16-23(6-5-20(21)15-18)29-22-9-13-27-14-10-22/h3-6,15-16,19,22H,2,7-14,17H2,1H3. The Bertz CT molecular complexity index is 823. The van der Waals surface area contributed by atoms with Gasteiger partial charge in [0.25, 0.3) is 0 Å². The van der Waals surface area contributed by atoms with Gasteiger partial charge in [-0.25, -0.2) is 0 Å². The molecule has 0 bridgehead atoms. The van der Waals surface area contributed by atoms with Crippen molar-refractivity contribution >= 4 is 16.7 Å². The van der Waals surface area contributed by atoms with Gasteiger partial charge in [-0.05, 0) is 67.4 Å². The number of rotatable bonds is 6. The molecule has 0 atom stereocenters. The number of ether oxygens (including phenoxy) is 3. The third kappa shape index (κ3) is 5.28. The Hall–Kier alpha value is -2.11. The molecule has 2 aromatic carbocycles. The molecule has 0 aliphatic carbocycles. The van der Waals surface area contributed by atoms with Crippen LogP contribution in [0, 0.1) is 5.92 Å². The van der Waals surface area contributed by atoms with Crippen molar-refractivity contribution < 1.29 is 19.0 Å². The van der Waals surface area contributed by atoms with Gasteiger partial charge in [0.05, 0.1) is 25.7 Å². The number of carbonyl (C=O) groups is 1. The highest BCUT2D eigenvalue weighted by atomic mass is 16.5. The quantitative estimate of drug-likeness (QED) is 0.685. The molecule has 0 radical (unpaired) electrons. The first kappa shape index (κ1) is 20.2. The molecule has 2 aliphatic heterocycles. The zero-order valence-corrected chi connectivity index (χ0v) is 17.3. The molecular weight excluding hydrogens is 366 g/mol. The summed E-state index contributed by atoms with van der Waals surface area (Å²) in [6.45, 7) is 6.73. The Morgan fingerprint density at radius 2 is 1.76 bits per heavy atom. The van der Waals surface area contributed by atoms with Gasteiger partial charge >= 0.3 is 5.97 Å². The molecule has 156 valence electrons. The minimum Gasteiger partial charge on any atom is -0.490 e. The zero-order valence-electron chi connectivity index (χ0n) is 17.3. The number of benzene rings is 2. The van der Waals surface area contributed by atoms with Gasteiger partial charge in [0.2, 0.25) is 0 Å². The number of likely N-dealkylation sites (tertiary alicyclic amines) is 1. The zero-order chi connectivity index (χ0) is 20.1. The topological polar surface area (TPSA) is 48.0 Å². The van der Waals surface area contributed by atoms with Gasteiger partial charge in [0, 0.05) is 19.4 Å². The van der Waals surface area contributed by atoms with Gasteiger partial charge in [-0.1, -0.05) is 18.2 Å². The van der Waals surface area contributed by atoms with E-state index in [1.807, 2.05) is 6.92 Å². The van der Waals surface area contributed by atoms with Gasteiger partial charge in [0.15, 0.2) is 0 Å². The van der Waals surface area contributed by atoms with Gasteiger partial charge < -0.3 is 14.2 Å². The van der Waals surface area contributed by atoms with Gasteiger partial charge in [0.1, 0.15) is 11.9 Å². The normalized spacial score (nSPS) is 19.3. The van der Waals surface area contributed by atoms with Crippen LogP contribution in [0.4, 0.5) is 0 Å². The smallest absolute Gasteiger partial charge is 0.309 e. The first-order valence-electron chi connectivity index (χ1n) is 10.9. The molecule has 2 aliphatic rings. The van der Waals surface area contributed by atoms with Crippen LogP contribution >= 0.6 is 0 Å². The summed E-state index contributed by atoms with van der Waals surface area (Å²) in [5, 5.41) is 2.45. The largest absolute Gasteiger partial charge is 0.490 e. The maximum absolute atomic E-state index is 11.9. The fourth-order valence-corrected chi connectivity index (χ4v) is 4.28. The molecule has 0 spiro atoms. The number of fused-ring (bicyclic) bond motifs is 1. The Morgan fingerprint density at radius 1 is 1.03 bits per heavy atom. The number of esters is 1. The molecule has 0 aromatic heterocycles. The molecule has 5 heteroatoms. The SMILES string of the molecule is CCOC(=O)C1CCN(Cc2ccc3cc(OC4CCOCC4)ccc3c2)CC1. The molecule has 29 heavy (non-hydrogen) atoms. The van der Waals surface area contributed by atoms with Crippen molar-refractivity contribution in [3.05, 3.63) is 42.0 Å². The van der Waals surface area contributed by atoms with E-state index in [0.29, 0.717) is 6.61 Å². The van der Waals surface area contributed by atoms with Crippen LogP contribution in [0.2, 0.25) is 0 Å². The van der Waals surface area contributed by atoms with Crippen LogP contribution in [-0.2, 0) is 20.8 Å². The molecule has 2 fully saturated rings. The van der Waals surface area contributed by atoms with Crippen molar-refractivity contribution in [2.75, 3.05) is 32.9 Å². The Kier molecular flexibility index (Phi) is 6.67. The highest BCUT2D eigenvalue weighted by molar-refractivity contribution is 5.84. The molecule has 0 amide bonds. The lowest BCUT2D eigenvalue weighted by molar-refractivity contribution is -0.149. The summed E-state index contributed by atoms with van der Waals surface area (Å²) in [5.74, 6) is 0.978. The maximum atomic E-state index is 11.9. The third-order valence-corrected chi connectivity index (χ3v) is 5.96. The van der Waals surface area contributed by atoms with Gasteiger partial charge in [-0.3, -0.25) is 9.69 Å². The van der Waals surface area contributed by atoms with Gasteiger partial charge in [-0.15, -0.1) is 0 Å². The van der Waals surface area contributed by atoms with Crippen LogP contribution in [0.15, 0.2) is 36.4 Å². The first-order valence-corrected chi connectivity index (χ1v) is 10.9. The van der Waals surface area contributed by atoms with E-state index in [1.54, 1.807) is 0 Å². The summed E-state index contributed by atoms with van der Waals surface area (Å²) in [7, 11) is 0. The third-order valence-electron chi connectivity index (χ3n) is 5.96. The average Bonchev–Trinajstić information content (AvgIpc) is 2.75. The number of hydrogen-bond donors (Lipinski definition) is 0. The highest BCUT2D eigenvalue weighted by Crippen LogP contribution is 2.26. The van der Waals surface area contributed by atoms with E-state index in [-0.39, 0.29) is 18.0 Å². The molecule has 0 unspecified atom stereocenters. The lowest BCUT2D eigenvalue weighted by Crippen LogP contribution is -2.36. The summed E-state index contributed by atoms with van der Waals surface area (Å²) >= 11 is 0. The van der Waals surface area contributed by atoms with E-state index in [1.165, 1.54) is 16.3 Å². The number of hydrogen-bond acceptors (Lipinski definition) is 5. The van der Waals surface area contributed by atoms with E-state index < -0.39 is 0 Å². The van der Waals surface area contributed by atoms with E-state index in [0.717, 1.165) is 64.3 Å². The number of piperidine rings is 1. The molecule has 0 saturated carbocycles. The molecule has 4 rings (SSSR count). The molecule has 2 heterocycles. The fraction of sp³-hybridized carbons (Fsp3) is 0.542. The van der Waals surface area contributed by atoms with Crippen LogP contribution in [0.25, 0.3) is 10.8 Å². The Balaban J connectivity index is 1.34. The summed E-state index contributed by atoms with van der Waals surface area (Å²) in [4.78, 5) is 14.3. The Morgan fingerprint density at radius 3 is 2.52 bits per heavy atom. The number of carbonyl (C=O) groups excluding carboxylic acids is 1. The minimum absolute atomic E-state index is 0.0309. The van der Waals surface area contributed by atoms with Crippen molar-refractivity contribution in [1.29, 1.82) is 0 Å². The highest BCUT2D eigenvalue weighted by Gasteiger charge is 2.25. The second-order valence-corrected chi connectivity index (χ2v) is 8.08. The molecule has 5 nitrogen and oxygen atoms in total. The van der Waals surface area contributed by atoms with Crippen molar-refractivity contribution in [1.82, 2.24) is 4.90 Å². The van der Waals surface area contributed by atoms with Crippen LogP contribution in [0.3, 0.4) is 0 Å². The van der Waals surface area contributed by atoms with Crippen molar-refractivity contribution in [2.45, 2.75) is 45.3 Å². The average molecular weight is 398 g/mol.